The summed E-state index contributed by atoms with van der Waals surface area (Å²) in [6.07, 6.45) is 2.67. The van der Waals surface area contributed by atoms with Gasteiger partial charge in [0.1, 0.15) is 0 Å². The fourth-order valence-corrected chi connectivity index (χ4v) is 1.69. The van der Waals surface area contributed by atoms with E-state index < -0.39 is 17.9 Å². The van der Waals surface area contributed by atoms with Crippen LogP contribution in [-0.2, 0) is 23.2 Å². The number of aryl methyl sites for hydroxylation is 1. The van der Waals surface area contributed by atoms with E-state index in [2.05, 4.69) is 15.7 Å². The zero-order valence-corrected chi connectivity index (χ0v) is 12.2. The van der Waals surface area contributed by atoms with Gasteiger partial charge in [-0.2, -0.15) is 5.10 Å². The molecular formula is C13H20N4O4. The molecule has 0 aliphatic heterocycles. The summed E-state index contributed by atoms with van der Waals surface area (Å²) in [6.45, 7) is 2.17. The number of aliphatic carboxylic acids is 1. The molecule has 0 radical (unpaired) electrons. The molecule has 21 heavy (non-hydrogen) atoms. The fraction of sp³-hybridized carbons (Fsp3) is 0.538. The monoisotopic (exact) mass is 296 g/mol. The normalized spacial score (nSPS) is 10.2. The molecule has 0 saturated heterocycles. The molecule has 116 valence electrons. The van der Waals surface area contributed by atoms with E-state index in [1.54, 1.807) is 17.9 Å². The first-order valence-electron chi connectivity index (χ1n) is 6.67. The van der Waals surface area contributed by atoms with Gasteiger partial charge in [-0.05, 0) is 19.8 Å². The van der Waals surface area contributed by atoms with Gasteiger partial charge in [0.2, 0.25) is 5.91 Å². The van der Waals surface area contributed by atoms with Gasteiger partial charge in [-0.25, -0.2) is 4.79 Å². The Kier molecular flexibility index (Phi) is 6.38. The fourth-order valence-electron chi connectivity index (χ4n) is 1.69. The molecule has 8 heteroatoms. The van der Waals surface area contributed by atoms with E-state index >= 15 is 0 Å². The molecule has 0 fully saturated rings. The molecule has 8 nitrogen and oxygen atoms in total. The number of carbonyl (C=O) groups is 3. The van der Waals surface area contributed by atoms with Crippen molar-refractivity contribution in [2.45, 2.75) is 39.2 Å². The summed E-state index contributed by atoms with van der Waals surface area (Å²) in [5.41, 5.74) is 1.82. The standard InChI is InChI=1S/C13H20N4O4/c1-9-10(8-15-17(9)2)7-14-13(21)16-11(18)5-3-4-6-12(19)20/h8H,3-7H2,1-2H3,(H,19,20)(H2,14,16,18,21). The number of carboxylic acid groups (broad SMARTS) is 1. The van der Waals surface area contributed by atoms with Gasteiger partial charge >= 0.3 is 12.0 Å². The number of hydrogen-bond donors (Lipinski definition) is 3. The van der Waals surface area contributed by atoms with Crippen molar-refractivity contribution in [1.29, 1.82) is 0 Å². The average molecular weight is 296 g/mol. The van der Waals surface area contributed by atoms with Crippen LogP contribution in [0.4, 0.5) is 4.79 Å². The molecule has 1 aromatic rings. The molecule has 0 aliphatic rings. The third-order valence-corrected chi connectivity index (χ3v) is 3.07. The summed E-state index contributed by atoms with van der Waals surface area (Å²) >= 11 is 0. The summed E-state index contributed by atoms with van der Waals surface area (Å²) in [6, 6.07) is -0.568. The number of carbonyl (C=O) groups excluding carboxylic acids is 2. The van der Waals surface area contributed by atoms with Crippen LogP contribution in [0.2, 0.25) is 0 Å². The number of carboxylic acids is 1. The predicted molar refractivity (Wildman–Crippen MR) is 74.4 cm³/mol. The van der Waals surface area contributed by atoms with Gasteiger partial charge in [-0.1, -0.05) is 0 Å². The van der Waals surface area contributed by atoms with E-state index in [1.807, 2.05) is 6.92 Å². The Morgan fingerprint density at radius 3 is 2.52 bits per heavy atom. The molecule has 0 spiro atoms. The number of imide groups is 1. The summed E-state index contributed by atoms with van der Waals surface area (Å²) < 4.78 is 1.70. The molecule has 0 unspecified atom stereocenters. The number of unbranched alkanes of at least 4 members (excludes halogenated alkanes) is 1. The van der Waals surface area contributed by atoms with Gasteiger partial charge in [-0.3, -0.25) is 19.6 Å². The summed E-state index contributed by atoms with van der Waals surface area (Å²) in [5.74, 6) is -1.30. The van der Waals surface area contributed by atoms with Crippen LogP contribution in [0.1, 0.15) is 36.9 Å². The van der Waals surface area contributed by atoms with Crippen molar-refractivity contribution < 1.29 is 19.5 Å². The Hall–Kier alpha value is -2.38. The molecular weight excluding hydrogens is 276 g/mol. The number of urea groups is 1. The predicted octanol–water partition coefficient (Wildman–Crippen LogP) is 0.699. The molecule has 0 atom stereocenters. The van der Waals surface area contributed by atoms with E-state index in [4.69, 9.17) is 5.11 Å². The maximum atomic E-state index is 11.5. The molecule has 3 N–H and O–H groups in total. The Balaban J connectivity index is 2.22. The van der Waals surface area contributed by atoms with Crippen molar-refractivity contribution in [3.05, 3.63) is 17.5 Å². The number of nitrogens with zero attached hydrogens (tertiary/aromatic N) is 2. The Bertz CT molecular complexity index is 524. The van der Waals surface area contributed by atoms with Crippen LogP contribution in [0.15, 0.2) is 6.20 Å². The first-order valence-corrected chi connectivity index (χ1v) is 6.67. The lowest BCUT2D eigenvalue weighted by Gasteiger charge is -2.06. The van der Waals surface area contributed by atoms with Gasteiger partial charge < -0.3 is 10.4 Å². The van der Waals surface area contributed by atoms with Gasteiger partial charge in [-0.15, -0.1) is 0 Å². The summed E-state index contributed by atoms with van der Waals surface area (Å²) in [7, 11) is 1.81. The highest BCUT2D eigenvalue weighted by Gasteiger charge is 2.09. The van der Waals surface area contributed by atoms with Crippen molar-refractivity contribution in [1.82, 2.24) is 20.4 Å². The van der Waals surface area contributed by atoms with Crippen molar-refractivity contribution in [2.75, 3.05) is 0 Å². The van der Waals surface area contributed by atoms with Gasteiger partial charge in [0.05, 0.1) is 6.20 Å². The summed E-state index contributed by atoms with van der Waals surface area (Å²) in [4.78, 5) is 33.3. The van der Waals surface area contributed by atoms with Gasteiger partial charge in [0.15, 0.2) is 0 Å². The highest BCUT2D eigenvalue weighted by molar-refractivity contribution is 5.94. The van der Waals surface area contributed by atoms with E-state index in [-0.39, 0.29) is 19.4 Å². The van der Waals surface area contributed by atoms with E-state index in [0.29, 0.717) is 12.8 Å². The van der Waals surface area contributed by atoms with E-state index in [1.165, 1.54) is 0 Å². The van der Waals surface area contributed by atoms with Crippen molar-refractivity contribution >= 4 is 17.9 Å². The number of nitrogens with one attached hydrogen (secondary N) is 2. The smallest absolute Gasteiger partial charge is 0.321 e. The molecule has 0 bridgehead atoms. The van der Waals surface area contributed by atoms with Crippen molar-refractivity contribution in [3.8, 4) is 0 Å². The third-order valence-electron chi connectivity index (χ3n) is 3.07. The molecule has 1 heterocycles. The van der Waals surface area contributed by atoms with Crippen molar-refractivity contribution in [2.24, 2.45) is 7.05 Å². The van der Waals surface area contributed by atoms with Crippen LogP contribution < -0.4 is 10.6 Å². The maximum absolute atomic E-state index is 11.5. The number of aromatic nitrogens is 2. The molecule has 1 rings (SSSR count). The SMILES string of the molecule is Cc1c(CNC(=O)NC(=O)CCCCC(=O)O)cnn1C. The van der Waals surface area contributed by atoms with Crippen molar-refractivity contribution in [3.63, 3.8) is 0 Å². The first kappa shape index (κ1) is 16.7. The molecule has 0 aromatic carbocycles. The van der Waals surface area contributed by atoms with Crippen LogP contribution in [0.3, 0.4) is 0 Å². The highest BCUT2D eigenvalue weighted by atomic mass is 16.4. The maximum Gasteiger partial charge on any atom is 0.321 e. The summed E-state index contributed by atoms with van der Waals surface area (Å²) in [5, 5.41) is 17.3. The van der Waals surface area contributed by atoms with Gasteiger partial charge in [0, 0.05) is 37.7 Å². The highest BCUT2D eigenvalue weighted by Crippen LogP contribution is 2.04. The van der Waals surface area contributed by atoms with Crippen LogP contribution in [0.25, 0.3) is 0 Å². The molecule has 0 saturated carbocycles. The van der Waals surface area contributed by atoms with Crippen LogP contribution >= 0.6 is 0 Å². The number of hydrogen-bond acceptors (Lipinski definition) is 4. The van der Waals surface area contributed by atoms with E-state index in [0.717, 1.165) is 11.3 Å². The van der Waals surface area contributed by atoms with Crippen LogP contribution in [-0.4, -0.2) is 32.8 Å². The largest absolute Gasteiger partial charge is 0.481 e. The Labute approximate surface area is 122 Å². The zero-order valence-electron chi connectivity index (χ0n) is 12.2. The third kappa shape index (κ3) is 6.07. The van der Waals surface area contributed by atoms with Crippen LogP contribution in [0, 0.1) is 6.92 Å². The lowest BCUT2D eigenvalue weighted by Crippen LogP contribution is -2.39. The van der Waals surface area contributed by atoms with Gasteiger partial charge in [0.25, 0.3) is 0 Å². The minimum atomic E-state index is -0.889. The first-order chi connectivity index (χ1) is 9.90. The zero-order chi connectivity index (χ0) is 15.8. The van der Waals surface area contributed by atoms with E-state index in [9.17, 15) is 14.4 Å². The lowest BCUT2D eigenvalue weighted by molar-refractivity contribution is -0.137. The topological polar surface area (TPSA) is 113 Å². The second kappa shape index (κ2) is 8.03. The van der Waals surface area contributed by atoms with Crippen LogP contribution in [0.5, 0.6) is 0 Å². The minimum Gasteiger partial charge on any atom is -0.481 e. The molecule has 3 amide bonds. The minimum absolute atomic E-state index is 0.0275. The Morgan fingerprint density at radius 2 is 1.95 bits per heavy atom. The number of rotatable bonds is 7. The second-order valence-electron chi connectivity index (χ2n) is 4.71. The molecule has 0 aliphatic carbocycles. The Morgan fingerprint density at radius 1 is 1.29 bits per heavy atom. The number of amides is 3. The lowest BCUT2D eigenvalue weighted by atomic mass is 10.2. The average Bonchev–Trinajstić information content (AvgIpc) is 2.72. The quantitative estimate of drug-likeness (QED) is 0.641. The second-order valence-corrected chi connectivity index (χ2v) is 4.71. The molecule has 1 aromatic heterocycles.